The first-order valence-corrected chi connectivity index (χ1v) is 6.40. The van der Waals surface area contributed by atoms with Gasteiger partial charge in [-0.05, 0) is 31.4 Å². The normalized spacial score (nSPS) is 10.2. The Bertz CT molecular complexity index is 644. The predicted octanol–water partition coefficient (Wildman–Crippen LogP) is 3.07. The molecule has 3 heteroatoms. The van der Waals surface area contributed by atoms with Crippen molar-refractivity contribution in [3.05, 3.63) is 36.0 Å². The molecule has 0 amide bonds. The number of para-hydroxylation sites is 1. The van der Waals surface area contributed by atoms with E-state index in [0.29, 0.717) is 13.0 Å². The van der Waals surface area contributed by atoms with Crippen molar-refractivity contribution in [3.8, 4) is 11.8 Å². The van der Waals surface area contributed by atoms with Crippen LogP contribution in [0, 0.1) is 11.8 Å². The lowest BCUT2D eigenvalue weighted by Gasteiger charge is -1.98. The lowest BCUT2D eigenvalue weighted by atomic mass is 10.1. The molecule has 0 unspecified atom stereocenters. The molecular weight excluding hydrogens is 238 g/mol. The van der Waals surface area contributed by atoms with Crippen LogP contribution >= 0.6 is 0 Å². The van der Waals surface area contributed by atoms with E-state index in [1.54, 1.807) is 0 Å². The van der Waals surface area contributed by atoms with Crippen molar-refractivity contribution >= 4 is 16.9 Å². The Labute approximate surface area is 112 Å². The Hall–Kier alpha value is -2.21. The topological polar surface area (TPSA) is 42.2 Å². The average Bonchev–Trinajstić information content (AvgIpc) is 2.75. The molecule has 0 bridgehead atoms. The van der Waals surface area contributed by atoms with Crippen molar-refractivity contribution in [2.24, 2.45) is 0 Å². The summed E-state index contributed by atoms with van der Waals surface area (Å²) in [6.45, 7) is 2.51. The van der Waals surface area contributed by atoms with E-state index in [1.807, 2.05) is 19.1 Å². The van der Waals surface area contributed by atoms with Crippen LogP contribution in [-0.4, -0.2) is 15.6 Å². The summed E-state index contributed by atoms with van der Waals surface area (Å²) in [5.74, 6) is 5.23. The molecule has 2 rings (SSSR count). The molecule has 19 heavy (non-hydrogen) atoms. The summed E-state index contributed by atoms with van der Waals surface area (Å²) in [6, 6.07) is 8.19. The van der Waals surface area contributed by atoms with Crippen molar-refractivity contribution in [2.45, 2.75) is 32.7 Å². The number of carboxylic acid groups (broad SMARTS) is 1. The zero-order chi connectivity index (χ0) is 13.7. The highest BCUT2D eigenvalue weighted by molar-refractivity contribution is 5.84. The number of carbonyl (C=O) groups is 1. The monoisotopic (exact) mass is 255 g/mol. The fourth-order valence-electron chi connectivity index (χ4n) is 2.25. The predicted molar refractivity (Wildman–Crippen MR) is 76.0 cm³/mol. The molecule has 1 aromatic heterocycles. The highest BCUT2D eigenvalue weighted by atomic mass is 16.4. The van der Waals surface area contributed by atoms with E-state index in [-0.39, 0.29) is 6.42 Å². The second kappa shape index (κ2) is 6.10. The molecule has 0 saturated carbocycles. The van der Waals surface area contributed by atoms with Crippen LogP contribution in [0.25, 0.3) is 10.9 Å². The second-order valence-corrected chi connectivity index (χ2v) is 4.47. The Morgan fingerprint density at radius 2 is 2.16 bits per heavy atom. The number of aryl methyl sites for hydroxylation is 1. The van der Waals surface area contributed by atoms with Gasteiger partial charge in [-0.2, -0.15) is 0 Å². The van der Waals surface area contributed by atoms with Gasteiger partial charge >= 0.3 is 5.97 Å². The van der Waals surface area contributed by atoms with Crippen molar-refractivity contribution in [3.63, 3.8) is 0 Å². The number of hydrogen-bond acceptors (Lipinski definition) is 1. The first-order valence-electron chi connectivity index (χ1n) is 6.40. The molecule has 1 heterocycles. The summed E-state index contributed by atoms with van der Waals surface area (Å²) in [5, 5.41) is 9.90. The summed E-state index contributed by atoms with van der Waals surface area (Å²) < 4.78 is 2.13. The highest BCUT2D eigenvalue weighted by Crippen LogP contribution is 2.22. The van der Waals surface area contributed by atoms with E-state index in [1.165, 1.54) is 10.9 Å². The van der Waals surface area contributed by atoms with Gasteiger partial charge in [0.2, 0.25) is 0 Å². The number of hydrogen-bond donors (Lipinski definition) is 1. The molecule has 0 saturated heterocycles. The van der Waals surface area contributed by atoms with E-state index in [4.69, 9.17) is 5.11 Å². The molecule has 3 nitrogen and oxygen atoms in total. The Kier molecular flexibility index (Phi) is 4.25. The third-order valence-electron chi connectivity index (χ3n) is 3.13. The van der Waals surface area contributed by atoms with Gasteiger partial charge in [-0.15, -0.1) is 5.92 Å². The van der Waals surface area contributed by atoms with Gasteiger partial charge in [0.1, 0.15) is 0 Å². The molecule has 0 atom stereocenters. The number of aliphatic carboxylic acids is 1. The molecule has 1 aromatic carbocycles. The Balaban J connectivity index is 2.26. The van der Waals surface area contributed by atoms with Gasteiger partial charge in [0.15, 0.2) is 0 Å². The van der Waals surface area contributed by atoms with Crippen LogP contribution in [0.15, 0.2) is 30.5 Å². The van der Waals surface area contributed by atoms with Crippen LogP contribution in [0.2, 0.25) is 0 Å². The molecule has 0 aliphatic rings. The maximum atomic E-state index is 10.6. The number of nitrogens with zero attached hydrogens (tertiary/aromatic N) is 1. The number of carboxylic acids is 1. The first kappa shape index (κ1) is 13.2. The Morgan fingerprint density at radius 3 is 2.89 bits per heavy atom. The Morgan fingerprint density at radius 1 is 1.37 bits per heavy atom. The zero-order valence-corrected chi connectivity index (χ0v) is 11.0. The highest BCUT2D eigenvalue weighted by Gasteiger charge is 2.07. The van der Waals surface area contributed by atoms with Crippen molar-refractivity contribution < 1.29 is 9.90 Å². The zero-order valence-electron chi connectivity index (χ0n) is 11.0. The number of fused-ring (bicyclic) bond motifs is 1. The molecule has 2 aromatic rings. The van der Waals surface area contributed by atoms with Gasteiger partial charge in [0, 0.05) is 23.5 Å². The molecule has 98 valence electrons. The van der Waals surface area contributed by atoms with Gasteiger partial charge in [-0.1, -0.05) is 24.1 Å². The minimum Gasteiger partial charge on any atom is -0.481 e. The standard InChI is InChI=1S/C16H17NO2/c1-2-3-11-17-12-13(7-6-10-16(18)19)14-8-4-5-9-15(14)17/h4-5,8-9,12H,6-7,10-11H2,1H3,(H,18,19). The molecule has 0 aliphatic heterocycles. The van der Waals surface area contributed by atoms with E-state index < -0.39 is 5.97 Å². The van der Waals surface area contributed by atoms with E-state index in [9.17, 15) is 4.79 Å². The molecular formula is C16H17NO2. The van der Waals surface area contributed by atoms with E-state index in [0.717, 1.165) is 11.9 Å². The molecule has 0 aliphatic carbocycles. The van der Waals surface area contributed by atoms with Gasteiger partial charge in [0.25, 0.3) is 0 Å². The quantitative estimate of drug-likeness (QED) is 0.834. The average molecular weight is 255 g/mol. The van der Waals surface area contributed by atoms with Gasteiger partial charge in [-0.3, -0.25) is 4.79 Å². The van der Waals surface area contributed by atoms with Crippen LogP contribution < -0.4 is 0 Å². The summed E-state index contributed by atoms with van der Waals surface area (Å²) in [5.41, 5.74) is 2.37. The number of rotatable bonds is 5. The van der Waals surface area contributed by atoms with Crippen LogP contribution in [0.5, 0.6) is 0 Å². The fourth-order valence-corrected chi connectivity index (χ4v) is 2.25. The third-order valence-corrected chi connectivity index (χ3v) is 3.13. The second-order valence-electron chi connectivity index (χ2n) is 4.47. The smallest absolute Gasteiger partial charge is 0.303 e. The summed E-state index contributed by atoms with van der Waals surface area (Å²) >= 11 is 0. The van der Waals surface area contributed by atoms with E-state index >= 15 is 0 Å². The van der Waals surface area contributed by atoms with Crippen molar-refractivity contribution in [1.82, 2.24) is 4.57 Å². The van der Waals surface area contributed by atoms with Crippen LogP contribution in [0.4, 0.5) is 0 Å². The lowest BCUT2D eigenvalue weighted by Crippen LogP contribution is -1.95. The molecule has 0 fully saturated rings. The minimum atomic E-state index is -0.736. The molecule has 1 N–H and O–H groups in total. The van der Waals surface area contributed by atoms with Crippen LogP contribution in [0.3, 0.4) is 0 Å². The summed E-state index contributed by atoms with van der Waals surface area (Å²) in [7, 11) is 0. The largest absolute Gasteiger partial charge is 0.481 e. The lowest BCUT2D eigenvalue weighted by molar-refractivity contribution is -0.137. The summed E-state index contributed by atoms with van der Waals surface area (Å²) in [6.07, 6.45) is 3.77. The van der Waals surface area contributed by atoms with E-state index in [2.05, 4.69) is 34.7 Å². The third kappa shape index (κ3) is 3.17. The maximum Gasteiger partial charge on any atom is 0.303 e. The fraction of sp³-hybridized carbons (Fsp3) is 0.312. The maximum absolute atomic E-state index is 10.6. The van der Waals surface area contributed by atoms with Gasteiger partial charge < -0.3 is 9.67 Å². The van der Waals surface area contributed by atoms with Crippen molar-refractivity contribution in [2.75, 3.05) is 0 Å². The molecule has 0 radical (unpaired) electrons. The number of aromatic nitrogens is 1. The molecule has 0 spiro atoms. The SMILES string of the molecule is CC#CCn1cc(CCCC(=O)O)c2ccccc21. The summed E-state index contributed by atoms with van der Waals surface area (Å²) in [4.78, 5) is 10.6. The first-order chi connectivity index (χ1) is 9.22. The minimum absolute atomic E-state index is 0.217. The van der Waals surface area contributed by atoms with Gasteiger partial charge in [-0.25, -0.2) is 0 Å². The van der Waals surface area contributed by atoms with Crippen LogP contribution in [-0.2, 0) is 17.8 Å². The van der Waals surface area contributed by atoms with Gasteiger partial charge in [0.05, 0.1) is 6.54 Å². The van der Waals surface area contributed by atoms with Crippen molar-refractivity contribution in [1.29, 1.82) is 0 Å². The van der Waals surface area contributed by atoms with Crippen LogP contribution in [0.1, 0.15) is 25.3 Å². The number of benzene rings is 1.